The van der Waals surface area contributed by atoms with E-state index in [2.05, 4.69) is 36.0 Å². The third-order valence-electron chi connectivity index (χ3n) is 4.34. The molecule has 0 saturated heterocycles. The van der Waals surface area contributed by atoms with Gasteiger partial charge in [0, 0.05) is 37.5 Å². The molecule has 128 valence electrons. The van der Waals surface area contributed by atoms with Crippen molar-refractivity contribution in [3.8, 4) is 17.1 Å². The zero-order valence-electron chi connectivity index (χ0n) is 15.4. The van der Waals surface area contributed by atoms with Crippen molar-refractivity contribution in [2.75, 3.05) is 7.11 Å². The predicted octanol–water partition coefficient (Wildman–Crippen LogP) is 5.34. The van der Waals surface area contributed by atoms with E-state index in [1.165, 1.54) is 24.8 Å². The third-order valence-corrected chi connectivity index (χ3v) is 4.34. The molecule has 2 aromatic heterocycles. The van der Waals surface area contributed by atoms with Gasteiger partial charge in [-0.3, -0.25) is 4.99 Å². The number of methoxy groups -OCH3 is 1. The minimum Gasteiger partial charge on any atom is -0.494 e. The second-order valence-corrected chi connectivity index (χ2v) is 6.14. The monoisotopic (exact) mass is 387 g/mol. The summed E-state index contributed by atoms with van der Waals surface area (Å²) in [6, 6.07) is 6.03. The van der Waals surface area contributed by atoms with Crippen molar-refractivity contribution < 1.29 is 24.2 Å². The van der Waals surface area contributed by atoms with Crippen LogP contribution in [0.2, 0.25) is 0 Å². The first-order chi connectivity index (χ1) is 11.7. The molecule has 4 nitrogen and oxygen atoms in total. The topological polar surface area (TPSA) is 53.2 Å². The standard InChI is InChI=1S/C20H25N3O.Zn/c1-4-5-6-8-15-11-16(22-14(15)2)12-19-20(24-3)13-18(23-19)17-9-7-10-21-17;/h7,9-13,21,23H,4-6,8H2,1-3H3;. The number of hydrogen-bond donors (Lipinski definition) is 2. The summed E-state index contributed by atoms with van der Waals surface area (Å²) in [5.41, 5.74) is 6.46. The number of rotatable bonds is 7. The minimum atomic E-state index is 0. The van der Waals surface area contributed by atoms with Gasteiger partial charge in [0.2, 0.25) is 0 Å². The molecule has 0 aromatic carbocycles. The maximum atomic E-state index is 5.51. The zero-order chi connectivity index (χ0) is 16.9. The number of allylic oxidation sites excluding steroid dienone is 2. The molecule has 0 amide bonds. The molecule has 25 heavy (non-hydrogen) atoms. The van der Waals surface area contributed by atoms with Crippen LogP contribution < -0.4 is 4.74 Å². The first-order valence-corrected chi connectivity index (χ1v) is 8.60. The number of H-pyrrole nitrogens is 2. The predicted molar refractivity (Wildman–Crippen MR) is 100 cm³/mol. The first-order valence-electron chi connectivity index (χ1n) is 8.60. The van der Waals surface area contributed by atoms with Crippen LogP contribution in [0, 0.1) is 0 Å². The Labute approximate surface area is 162 Å². The normalized spacial score (nSPS) is 15.1. The van der Waals surface area contributed by atoms with Gasteiger partial charge < -0.3 is 14.7 Å². The molecule has 0 atom stereocenters. The van der Waals surface area contributed by atoms with Crippen molar-refractivity contribution in [1.29, 1.82) is 0 Å². The van der Waals surface area contributed by atoms with E-state index in [4.69, 9.17) is 9.73 Å². The summed E-state index contributed by atoms with van der Waals surface area (Å²) in [5.74, 6) is 0.827. The van der Waals surface area contributed by atoms with Gasteiger partial charge in [-0.15, -0.1) is 0 Å². The molecule has 2 aromatic rings. The average Bonchev–Trinajstić information content (AvgIpc) is 3.28. The van der Waals surface area contributed by atoms with Gasteiger partial charge in [0.05, 0.1) is 29.9 Å². The van der Waals surface area contributed by atoms with E-state index in [0.29, 0.717) is 0 Å². The van der Waals surface area contributed by atoms with Crippen molar-refractivity contribution >= 4 is 11.8 Å². The van der Waals surface area contributed by atoms with Gasteiger partial charge in [-0.1, -0.05) is 19.8 Å². The van der Waals surface area contributed by atoms with Crippen LogP contribution >= 0.6 is 0 Å². The summed E-state index contributed by atoms with van der Waals surface area (Å²) < 4.78 is 5.51. The quantitative estimate of drug-likeness (QED) is 0.488. The Kier molecular flexibility index (Phi) is 7.01. The van der Waals surface area contributed by atoms with Crippen molar-refractivity contribution in [2.45, 2.75) is 39.5 Å². The number of ether oxygens (including phenoxy) is 1. The number of aliphatic imine (C=N–C) groups is 1. The van der Waals surface area contributed by atoms with E-state index in [1.807, 2.05) is 24.4 Å². The maximum absolute atomic E-state index is 5.51. The number of nitrogens with one attached hydrogen (secondary N) is 2. The average molecular weight is 389 g/mol. The molecule has 0 unspecified atom stereocenters. The first kappa shape index (κ1) is 19.5. The fraction of sp³-hybridized carbons (Fsp3) is 0.350. The van der Waals surface area contributed by atoms with Crippen LogP contribution in [0.15, 0.2) is 46.7 Å². The Hall–Kier alpha value is -1.87. The molecule has 1 aliphatic rings. The fourth-order valence-corrected chi connectivity index (χ4v) is 2.99. The van der Waals surface area contributed by atoms with Crippen LogP contribution in [0.4, 0.5) is 0 Å². The molecule has 0 spiro atoms. The van der Waals surface area contributed by atoms with E-state index in [9.17, 15) is 0 Å². The Morgan fingerprint density at radius 1 is 1.24 bits per heavy atom. The van der Waals surface area contributed by atoms with Gasteiger partial charge in [0.15, 0.2) is 0 Å². The summed E-state index contributed by atoms with van der Waals surface area (Å²) in [6.45, 7) is 4.32. The van der Waals surface area contributed by atoms with Crippen LogP contribution in [0.1, 0.15) is 45.2 Å². The van der Waals surface area contributed by atoms with Gasteiger partial charge in [-0.2, -0.15) is 0 Å². The van der Waals surface area contributed by atoms with E-state index in [-0.39, 0.29) is 19.5 Å². The SMILES string of the molecule is CCCCCC1=CC(=Cc2[nH]c(-c3ccc[nH]3)cc2OC)N=C1C.[Zn]. The molecular formula is C20H25N3OZn. The van der Waals surface area contributed by atoms with Gasteiger partial charge in [-0.05, 0) is 49.6 Å². The Morgan fingerprint density at radius 3 is 2.76 bits per heavy atom. The van der Waals surface area contributed by atoms with E-state index < -0.39 is 0 Å². The molecule has 3 rings (SSSR count). The summed E-state index contributed by atoms with van der Waals surface area (Å²) >= 11 is 0. The Morgan fingerprint density at radius 2 is 2.08 bits per heavy atom. The largest absolute Gasteiger partial charge is 0.494 e. The van der Waals surface area contributed by atoms with Crippen molar-refractivity contribution in [2.24, 2.45) is 4.99 Å². The molecule has 2 N–H and O–H groups in total. The summed E-state index contributed by atoms with van der Waals surface area (Å²) in [6.07, 6.45) is 11.0. The molecule has 5 heteroatoms. The molecular weight excluding hydrogens is 364 g/mol. The second kappa shape index (κ2) is 9.00. The van der Waals surface area contributed by atoms with Crippen molar-refractivity contribution in [1.82, 2.24) is 9.97 Å². The number of hydrogen-bond acceptors (Lipinski definition) is 2. The number of nitrogens with zero attached hydrogens (tertiary/aromatic N) is 1. The number of aromatic amines is 2. The third kappa shape index (κ3) is 4.61. The van der Waals surface area contributed by atoms with Gasteiger partial charge >= 0.3 is 0 Å². The zero-order valence-corrected chi connectivity index (χ0v) is 18.3. The summed E-state index contributed by atoms with van der Waals surface area (Å²) in [5, 5.41) is 0. The molecule has 0 saturated carbocycles. The number of aromatic nitrogens is 2. The van der Waals surface area contributed by atoms with E-state index >= 15 is 0 Å². The Bertz CT molecular complexity index is 782. The maximum Gasteiger partial charge on any atom is 0.144 e. The van der Waals surface area contributed by atoms with Crippen LogP contribution in [-0.4, -0.2) is 22.8 Å². The van der Waals surface area contributed by atoms with Crippen molar-refractivity contribution in [3.05, 3.63) is 47.4 Å². The van der Waals surface area contributed by atoms with Crippen LogP contribution in [-0.2, 0) is 19.5 Å². The molecule has 0 fully saturated rings. The molecule has 0 bridgehead atoms. The van der Waals surface area contributed by atoms with E-state index in [1.54, 1.807) is 7.11 Å². The van der Waals surface area contributed by atoms with Gasteiger partial charge in [0.25, 0.3) is 0 Å². The molecule has 3 heterocycles. The minimum absolute atomic E-state index is 0. The van der Waals surface area contributed by atoms with E-state index in [0.717, 1.165) is 40.7 Å². The molecule has 0 aliphatic carbocycles. The summed E-state index contributed by atoms with van der Waals surface area (Å²) in [4.78, 5) is 11.3. The van der Waals surface area contributed by atoms with Gasteiger partial charge in [-0.25, -0.2) is 0 Å². The molecule has 1 aliphatic heterocycles. The number of unbranched alkanes of at least 4 members (excludes halogenated alkanes) is 2. The molecule has 0 radical (unpaired) electrons. The van der Waals surface area contributed by atoms with Crippen molar-refractivity contribution in [3.63, 3.8) is 0 Å². The Balaban J connectivity index is 0.00000225. The fourth-order valence-electron chi connectivity index (χ4n) is 2.99. The summed E-state index contributed by atoms with van der Waals surface area (Å²) in [7, 11) is 1.69. The smallest absolute Gasteiger partial charge is 0.144 e. The van der Waals surface area contributed by atoms with Gasteiger partial charge in [0.1, 0.15) is 5.75 Å². The van der Waals surface area contributed by atoms with Crippen LogP contribution in [0.5, 0.6) is 5.75 Å². The van der Waals surface area contributed by atoms with Crippen LogP contribution in [0.25, 0.3) is 17.5 Å². The second-order valence-electron chi connectivity index (χ2n) is 6.14. The van der Waals surface area contributed by atoms with Crippen LogP contribution in [0.3, 0.4) is 0 Å².